The first-order valence-corrected chi connectivity index (χ1v) is 4.58. The van der Waals surface area contributed by atoms with E-state index >= 15 is 0 Å². The standard InChI is InChI=1S/C9H18N2O/c1-9(4-3-5-9)7-11-6-8(12)10-2/h11H,3-7H2,1-2H3,(H,10,12). The lowest BCUT2D eigenvalue weighted by Crippen LogP contribution is -2.41. The summed E-state index contributed by atoms with van der Waals surface area (Å²) in [6.45, 7) is 3.69. The van der Waals surface area contributed by atoms with Crippen molar-refractivity contribution in [2.24, 2.45) is 5.41 Å². The van der Waals surface area contributed by atoms with Crippen LogP contribution in [0.2, 0.25) is 0 Å². The minimum absolute atomic E-state index is 0.0675. The van der Waals surface area contributed by atoms with Gasteiger partial charge in [-0.1, -0.05) is 13.3 Å². The van der Waals surface area contributed by atoms with Gasteiger partial charge in [0.1, 0.15) is 0 Å². The summed E-state index contributed by atoms with van der Waals surface area (Å²) >= 11 is 0. The Morgan fingerprint density at radius 2 is 2.17 bits per heavy atom. The fourth-order valence-electron chi connectivity index (χ4n) is 1.52. The number of nitrogens with one attached hydrogen (secondary N) is 2. The summed E-state index contributed by atoms with van der Waals surface area (Å²) < 4.78 is 0. The summed E-state index contributed by atoms with van der Waals surface area (Å²) in [5, 5.41) is 5.75. The van der Waals surface area contributed by atoms with Gasteiger partial charge in [-0.15, -0.1) is 0 Å². The maximum atomic E-state index is 10.8. The predicted molar refractivity (Wildman–Crippen MR) is 48.9 cm³/mol. The number of hydrogen-bond acceptors (Lipinski definition) is 2. The Balaban J connectivity index is 2.05. The van der Waals surface area contributed by atoms with E-state index in [1.807, 2.05) is 0 Å². The van der Waals surface area contributed by atoms with Crippen molar-refractivity contribution in [3.63, 3.8) is 0 Å². The summed E-state index contributed by atoms with van der Waals surface area (Å²) in [6.07, 6.45) is 3.94. The Morgan fingerprint density at radius 3 is 2.58 bits per heavy atom. The molecule has 0 aromatic rings. The maximum absolute atomic E-state index is 10.8. The van der Waals surface area contributed by atoms with Crippen LogP contribution in [0.25, 0.3) is 0 Å². The summed E-state index contributed by atoms with van der Waals surface area (Å²) in [7, 11) is 1.66. The van der Waals surface area contributed by atoms with E-state index in [9.17, 15) is 4.79 Å². The van der Waals surface area contributed by atoms with Gasteiger partial charge in [0.25, 0.3) is 0 Å². The smallest absolute Gasteiger partial charge is 0.233 e. The number of amides is 1. The van der Waals surface area contributed by atoms with E-state index in [1.165, 1.54) is 19.3 Å². The fourth-order valence-corrected chi connectivity index (χ4v) is 1.52. The Hall–Kier alpha value is -0.570. The zero-order valence-corrected chi connectivity index (χ0v) is 7.94. The fraction of sp³-hybridized carbons (Fsp3) is 0.889. The molecule has 0 unspecified atom stereocenters. The normalized spacial score (nSPS) is 19.8. The zero-order valence-electron chi connectivity index (χ0n) is 7.94. The lowest BCUT2D eigenvalue weighted by Gasteiger charge is -2.38. The van der Waals surface area contributed by atoms with Crippen molar-refractivity contribution in [3.8, 4) is 0 Å². The molecule has 0 aromatic carbocycles. The Morgan fingerprint density at radius 1 is 1.50 bits per heavy atom. The van der Waals surface area contributed by atoms with E-state index in [-0.39, 0.29) is 5.91 Å². The van der Waals surface area contributed by atoms with Crippen LogP contribution >= 0.6 is 0 Å². The number of carbonyl (C=O) groups is 1. The van der Waals surface area contributed by atoms with Gasteiger partial charge in [0.15, 0.2) is 0 Å². The van der Waals surface area contributed by atoms with Crippen LogP contribution < -0.4 is 10.6 Å². The van der Waals surface area contributed by atoms with Gasteiger partial charge < -0.3 is 10.6 Å². The summed E-state index contributed by atoms with van der Waals surface area (Å²) in [5.41, 5.74) is 0.466. The third-order valence-electron chi connectivity index (χ3n) is 2.68. The molecular formula is C9H18N2O. The van der Waals surface area contributed by atoms with Crippen LogP contribution in [0.4, 0.5) is 0 Å². The molecule has 0 aromatic heterocycles. The summed E-state index contributed by atoms with van der Waals surface area (Å²) in [6, 6.07) is 0. The van der Waals surface area contributed by atoms with E-state index in [1.54, 1.807) is 7.05 Å². The van der Waals surface area contributed by atoms with Gasteiger partial charge in [0.05, 0.1) is 6.54 Å². The van der Waals surface area contributed by atoms with Crippen LogP contribution in [0.15, 0.2) is 0 Å². The van der Waals surface area contributed by atoms with Crippen LogP contribution in [-0.2, 0) is 4.79 Å². The molecule has 0 spiro atoms. The van der Waals surface area contributed by atoms with Gasteiger partial charge in [0, 0.05) is 13.6 Å². The zero-order chi connectivity index (χ0) is 9.03. The molecule has 0 saturated heterocycles. The Labute approximate surface area is 73.9 Å². The molecular weight excluding hydrogens is 152 g/mol. The molecule has 12 heavy (non-hydrogen) atoms. The highest BCUT2D eigenvalue weighted by molar-refractivity contribution is 5.77. The van der Waals surface area contributed by atoms with E-state index in [4.69, 9.17) is 0 Å². The molecule has 0 heterocycles. The monoisotopic (exact) mass is 170 g/mol. The third-order valence-corrected chi connectivity index (χ3v) is 2.68. The SMILES string of the molecule is CNC(=O)CNCC1(C)CCC1. The highest BCUT2D eigenvalue weighted by Gasteiger charge is 2.30. The first kappa shape index (κ1) is 9.52. The number of carbonyl (C=O) groups excluding carboxylic acids is 1. The van der Waals surface area contributed by atoms with Gasteiger partial charge in [0.2, 0.25) is 5.91 Å². The van der Waals surface area contributed by atoms with E-state index in [2.05, 4.69) is 17.6 Å². The minimum atomic E-state index is 0.0675. The molecule has 3 nitrogen and oxygen atoms in total. The first-order chi connectivity index (χ1) is 5.66. The number of likely N-dealkylation sites (N-methyl/N-ethyl adjacent to an activating group) is 1. The minimum Gasteiger partial charge on any atom is -0.358 e. The van der Waals surface area contributed by atoms with Gasteiger partial charge in [-0.05, 0) is 18.3 Å². The van der Waals surface area contributed by atoms with E-state index in [0.29, 0.717) is 12.0 Å². The van der Waals surface area contributed by atoms with Crippen molar-refractivity contribution in [3.05, 3.63) is 0 Å². The molecule has 0 radical (unpaired) electrons. The van der Waals surface area contributed by atoms with Crippen molar-refractivity contribution < 1.29 is 4.79 Å². The molecule has 0 aliphatic heterocycles. The van der Waals surface area contributed by atoms with Crippen molar-refractivity contribution in [1.82, 2.24) is 10.6 Å². The first-order valence-electron chi connectivity index (χ1n) is 4.58. The quantitative estimate of drug-likeness (QED) is 0.645. The molecule has 0 atom stereocenters. The molecule has 1 rings (SSSR count). The van der Waals surface area contributed by atoms with Crippen LogP contribution in [-0.4, -0.2) is 26.0 Å². The molecule has 1 amide bonds. The molecule has 3 heteroatoms. The van der Waals surface area contributed by atoms with Crippen LogP contribution in [0, 0.1) is 5.41 Å². The van der Waals surface area contributed by atoms with Gasteiger partial charge in [-0.3, -0.25) is 4.79 Å². The summed E-state index contributed by atoms with van der Waals surface area (Å²) in [5.74, 6) is 0.0675. The van der Waals surface area contributed by atoms with Gasteiger partial charge >= 0.3 is 0 Å². The lowest BCUT2D eigenvalue weighted by atomic mass is 9.70. The van der Waals surface area contributed by atoms with Gasteiger partial charge in [-0.2, -0.15) is 0 Å². The van der Waals surface area contributed by atoms with Crippen molar-refractivity contribution in [1.29, 1.82) is 0 Å². The molecule has 70 valence electrons. The van der Waals surface area contributed by atoms with E-state index < -0.39 is 0 Å². The number of hydrogen-bond donors (Lipinski definition) is 2. The highest BCUT2D eigenvalue weighted by Crippen LogP contribution is 2.39. The van der Waals surface area contributed by atoms with E-state index in [0.717, 1.165) is 6.54 Å². The molecule has 1 saturated carbocycles. The summed E-state index contributed by atoms with van der Waals surface area (Å²) in [4.78, 5) is 10.8. The van der Waals surface area contributed by atoms with Crippen LogP contribution in [0.1, 0.15) is 26.2 Å². The lowest BCUT2D eigenvalue weighted by molar-refractivity contribution is -0.119. The predicted octanol–water partition coefficient (Wildman–Crippen LogP) is 0.512. The average Bonchev–Trinajstić information content (AvgIpc) is 2.01. The van der Waals surface area contributed by atoms with Crippen molar-refractivity contribution in [2.75, 3.05) is 20.1 Å². The second kappa shape index (κ2) is 3.90. The Bertz CT molecular complexity index is 164. The van der Waals surface area contributed by atoms with Crippen LogP contribution in [0.3, 0.4) is 0 Å². The van der Waals surface area contributed by atoms with Crippen molar-refractivity contribution in [2.45, 2.75) is 26.2 Å². The van der Waals surface area contributed by atoms with Crippen molar-refractivity contribution >= 4 is 5.91 Å². The second-order valence-electron chi connectivity index (χ2n) is 3.94. The largest absolute Gasteiger partial charge is 0.358 e. The third kappa shape index (κ3) is 2.48. The van der Waals surface area contributed by atoms with Crippen LogP contribution in [0.5, 0.6) is 0 Å². The molecule has 1 aliphatic rings. The maximum Gasteiger partial charge on any atom is 0.233 e. The average molecular weight is 170 g/mol. The topological polar surface area (TPSA) is 41.1 Å². The molecule has 1 aliphatic carbocycles. The molecule has 2 N–H and O–H groups in total. The Kier molecular flexibility index (Phi) is 3.09. The second-order valence-corrected chi connectivity index (χ2v) is 3.94. The van der Waals surface area contributed by atoms with Gasteiger partial charge in [-0.25, -0.2) is 0 Å². The highest BCUT2D eigenvalue weighted by atomic mass is 16.1. The number of rotatable bonds is 4. The molecule has 1 fully saturated rings. The molecule has 0 bridgehead atoms.